The number of hydrogen-bond donors (Lipinski definition) is 2. The fourth-order valence-electron chi connectivity index (χ4n) is 3.30. The summed E-state index contributed by atoms with van der Waals surface area (Å²) >= 11 is 0. The van der Waals surface area contributed by atoms with Gasteiger partial charge >= 0.3 is 0 Å². The number of likely N-dealkylation sites (tertiary alicyclic amines) is 1. The molecule has 0 bridgehead atoms. The molecule has 0 spiro atoms. The summed E-state index contributed by atoms with van der Waals surface area (Å²) < 4.78 is 0. The number of nitrogens with zero attached hydrogens (tertiary/aromatic N) is 2. The fraction of sp³-hybridized carbons (Fsp3) is 0.529. The van der Waals surface area contributed by atoms with Gasteiger partial charge in [0.1, 0.15) is 6.54 Å². The number of nitrogens with two attached hydrogens (primary N) is 1. The van der Waals surface area contributed by atoms with Crippen molar-refractivity contribution in [2.45, 2.75) is 38.5 Å². The minimum Gasteiger partial charge on any atom is -0.370 e. The molecular weight excluding hydrogens is 276 g/mol. The van der Waals surface area contributed by atoms with Gasteiger partial charge in [-0.15, -0.1) is 0 Å². The van der Waals surface area contributed by atoms with E-state index in [-0.39, 0.29) is 12.5 Å². The summed E-state index contributed by atoms with van der Waals surface area (Å²) in [5.74, 6) is 0.392. The van der Waals surface area contributed by atoms with Crippen LogP contribution in [0.3, 0.4) is 0 Å². The number of benzene rings is 1. The molecule has 0 unspecified atom stereocenters. The number of aryl methyl sites for hydroxylation is 1. The number of hydrogen-bond acceptors (Lipinski definition) is 2. The maximum absolute atomic E-state index is 12.0. The third-order valence-electron chi connectivity index (χ3n) is 4.50. The van der Waals surface area contributed by atoms with Crippen LogP contribution in [0.4, 0.5) is 5.69 Å². The highest BCUT2D eigenvalue weighted by Gasteiger charge is 2.17. The highest BCUT2D eigenvalue weighted by Crippen LogP contribution is 2.27. The van der Waals surface area contributed by atoms with Crippen molar-refractivity contribution in [1.82, 2.24) is 4.90 Å². The number of nitrogens with one attached hydrogen (secondary N) is 1. The lowest BCUT2D eigenvalue weighted by atomic mass is 9.90. The molecule has 0 aromatic heterocycles. The Morgan fingerprint density at radius 1 is 1.18 bits per heavy atom. The van der Waals surface area contributed by atoms with Gasteiger partial charge in [0.05, 0.1) is 0 Å². The summed E-state index contributed by atoms with van der Waals surface area (Å²) in [5.41, 5.74) is 9.73. The van der Waals surface area contributed by atoms with Crippen LogP contribution in [0, 0.1) is 0 Å². The minimum atomic E-state index is 0.0670. The van der Waals surface area contributed by atoms with Crippen LogP contribution < -0.4 is 11.1 Å². The van der Waals surface area contributed by atoms with Gasteiger partial charge < -0.3 is 16.0 Å². The van der Waals surface area contributed by atoms with E-state index in [0.29, 0.717) is 5.96 Å². The molecule has 1 aliphatic carbocycles. The average molecular weight is 300 g/mol. The van der Waals surface area contributed by atoms with Crippen molar-refractivity contribution in [1.29, 1.82) is 0 Å². The molecule has 22 heavy (non-hydrogen) atoms. The van der Waals surface area contributed by atoms with Crippen molar-refractivity contribution in [2.24, 2.45) is 10.7 Å². The van der Waals surface area contributed by atoms with Gasteiger partial charge in [-0.2, -0.15) is 0 Å². The number of carbonyl (C=O) groups excluding carboxylic acids is 1. The van der Waals surface area contributed by atoms with Gasteiger partial charge in [0, 0.05) is 18.8 Å². The quantitative estimate of drug-likeness (QED) is 0.662. The highest BCUT2D eigenvalue weighted by molar-refractivity contribution is 5.94. The number of carbonyl (C=O) groups is 1. The van der Waals surface area contributed by atoms with Crippen molar-refractivity contribution >= 4 is 17.6 Å². The van der Waals surface area contributed by atoms with E-state index in [1.54, 1.807) is 0 Å². The Morgan fingerprint density at radius 3 is 2.77 bits per heavy atom. The summed E-state index contributed by atoms with van der Waals surface area (Å²) in [6.45, 7) is 1.84. The summed E-state index contributed by atoms with van der Waals surface area (Å²) in [5, 5.41) is 3.17. The van der Waals surface area contributed by atoms with Crippen molar-refractivity contribution < 1.29 is 4.79 Å². The first-order valence-electron chi connectivity index (χ1n) is 8.19. The van der Waals surface area contributed by atoms with Gasteiger partial charge in [0.15, 0.2) is 5.96 Å². The molecule has 1 saturated heterocycles. The average Bonchev–Trinajstić information content (AvgIpc) is 3.07. The van der Waals surface area contributed by atoms with Crippen LogP contribution in [0.25, 0.3) is 0 Å². The largest absolute Gasteiger partial charge is 0.370 e. The molecule has 0 atom stereocenters. The molecule has 5 nitrogen and oxygen atoms in total. The highest BCUT2D eigenvalue weighted by atomic mass is 16.2. The number of rotatable bonds is 3. The monoisotopic (exact) mass is 300 g/mol. The number of amides is 1. The predicted molar refractivity (Wildman–Crippen MR) is 89.0 cm³/mol. The molecule has 1 fully saturated rings. The van der Waals surface area contributed by atoms with Crippen LogP contribution in [-0.2, 0) is 17.6 Å². The maximum Gasteiger partial charge on any atom is 0.244 e. The molecule has 5 heteroatoms. The van der Waals surface area contributed by atoms with Gasteiger partial charge in [0.2, 0.25) is 5.91 Å². The minimum absolute atomic E-state index is 0.0670. The Balaban J connectivity index is 1.62. The third kappa shape index (κ3) is 3.40. The molecule has 118 valence electrons. The van der Waals surface area contributed by atoms with Crippen LogP contribution in [-0.4, -0.2) is 36.4 Å². The van der Waals surface area contributed by atoms with Crippen molar-refractivity contribution in [3.63, 3.8) is 0 Å². The predicted octanol–water partition coefficient (Wildman–Crippen LogP) is 1.91. The summed E-state index contributed by atoms with van der Waals surface area (Å²) in [6.07, 6.45) is 6.88. The summed E-state index contributed by atoms with van der Waals surface area (Å²) in [4.78, 5) is 18.0. The van der Waals surface area contributed by atoms with E-state index in [0.717, 1.165) is 44.5 Å². The first-order chi connectivity index (χ1) is 10.7. The zero-order valence-electron chi connectivity index (χ0n) is 13.0. The number of anilines is 1. The Bertz CT molecular complexity index is 576. The Kier molecular flexibility index (Phi) is 4.61. The molecule has 3 rings (SSSR count). The third-order valence-corrected chi connectivity index (χ3v) is 4.50. The second-order valence-electron chi connectivity index (χ2n) is 6.06. The fourth-order valence-corrected chi connectivity index (χ4v) is 3.30. The molecule has 1 heterocycles. The van der Waals surface area contributed by atoms with E-state index < -0.39 is 0 Å². The second-order valence-corrected chi connectivity index (χ2v) is 6.06. The van der Waals surface area contributed by atoms with E-state index in [1.165, 1.54) is 24.0 Å². The van der Waals surface area contributed by atoms with Gasteiger partial charge in [-0.1, -0.05) is 12.1 Å². The lowest BCUT2D eigenvalue weighted by Crippen LogP contribution is -2.31. The van der Waals surface area contributed by atoms with E-state index in [2.05, 4.69) is 22.4 Å². The van der Waals surface area contributed by atoms with Crippen LogP contribution in [0.1, 0.15) is 36.8 Å². The maximum atomic E-state index is 12.0. The van der Waals surface area contributed by atoms with E-state index in [4.69, 9.17) is 5.73 Å². The van der Waals surface area contributed by atoms with E-state index >= 15 is 0 Å². The van der Waals surface area contributed by atoms with Gasteiger partial charge in [-0.25, -0.2) is 4.99 Å². The smallest absolute Gasteiger partial charge is 0.244 e. The Labute approximate surface area is 131 Å². The molecule has 0 saturated carbocycles. The van der Waals surface area contributed by atoms with Crippen LogP contribution in [0.5, 0.6) is 0 Å². The van der Waals surface area contributed by atoms with Crippen LogP contribution >= 0.6 is 0 Å². The number of guanidine groups is 1. The zero-order chi connectivity index (χ0) is 15.4. The SMILES string of the molecule is NC(=NCC(=O)N1CCCC1)Nc1cccc2c1CCCC2. The van der Waals surface area contributed by atoms with E-state index in [1.807, 2.05) is 11.0 Å². The standard InChI is InChI=1S/C17H24N4O/c18-17(19-12-16(22)21-10-3-4-11-21)20-15-9-5-7-13-6-1-2-8-14(13)15/h5,7,9H,1-4,6,8,10-12H2,(H3,18,19,20). The second kappa shape index (κ2) is 6.81. The Morgan fingerprint density at radius 2 is 1.95 bits per heavy atom. The number of fused-ring (bicyclic) bond motifs is 1. The van der Waals surface area contributed by atoms with Crippen LogP contribution in [0.15, 0.2) is 23.2 Å². The molecular formula is C17H24N4O. The molecule has 1 aromatic rings. The van der Waals surface area contributed by atoms with Gasteiger partial charge in [-0.05, 0) is 55.7 Å². The number of aliphatic imine (C=N–C) groups is 1. The van der Waals surface area contributed by atoms with Gasteiger partial charge in [-0.3, -0.25) is 4.79 Å². The van der Waals surface area contributed by atoms with Crippen molar-refractivity contribution in [3.8, 4) is 0 Å². The molecule has 1 amide bonds. The molecule has 2 aliphatic rings. The first-order valence-corrected chi connectivity index (χ1v) is 8.19. The van der Waals surface area contributed by atoms with E-state index in [9.17, 15) is 4.79 Å². The van der Waals surface area contributed by atoms with Gasteiger partial charge in [0.25, 0.3) is 0 Å². The molecule has 3 N–H and O–H groups in total. The normalized spacial score (nSPS) is 18.2. The van der Waals surface area contributed by atoms with Crippen molar-refractivity contribution in [2.75, 3.05) is 25.0 Å². The summed E-state index contributed by atoms with van der Waals surface area (Å²) in [7, 11) is 0. The van der Waals surface area contributed by atoms with Crippen molar-refractivity contribution in [3.05, 3.63) is 29.3 Å². The Hall–Kier alpha value is -2.04. The van der Waals surface area contributed by atoms with Crippen LogP contribution in [0.2, 0.25) is 0 Å². The lowest BCUT2D eigenvalue weighted by molar-refractivity contribution is -0.128. The summed E-state index contributed by atoms with van der Waals surface area (Å²) in [6, 6.07) is 6.27. The zero-order valence-corrected chi connectivity index (χ0v) is 13.0. The molecule has 1 aliphatic heterocycles. The first kappa shape index (κ1) is 14.9. The molecule has 0 radical (unpaired) electrons. The lowest BCUT2D eigenvalue weighted by Gasteiger charge is -2.20. The molecule has 1 aromatic carbocycles. The topological polar surface area (TPSA) is 70.7 Å².